The molecule has 49 heavy (non-hydrogen) atoms. The number of ether oxygens (including phenoxy) is 1. The fourth-order valence-corrected chi connectivity index (χ4v) is 5.56. The summed E-state index contributed by atoms with van der Waals surface area (Å²) in [7, 11) is 0. The van der Waals surface area contributed by atoms with Crippen LogP contribution in [0.1, 0.15) is 87.5 Å². The minimum Gasteiger partial charge on any atom is -0.444 e. The number of carbonyl (C=O) groups is 1. The van der Waals surface area contributed by atoms with E-state index in [0.29, 0.717) is 29.2 Å². The molecular weight excluding hydrogens is 640 g/mol. The molecule has 1 fully saturated rings. The number of halogens is 4. The second-order valence-corrected chi connectivity index (χ2v) is 13.1. The Morgan fingerprint density at radius 2 is 1.88 bits per heavy atom. The number of nitrogens with one attached hydrogen (secondary N) is 2. The summed E-state index contributed by atoms with van der Waals surface area (Å²) < 4.78 is 65.0. The monoisotopic (exact) mass is 680 g/mol. The Morgan fingerprint density at radius 3 is 2.55 bits per heavy atom. The van der Waals surface area contributed by atoms with Crippen molar-refractivity contribution in [3.63, 3.8) is 0 Å². The fraction of sp³-hybridized carbons (Fsp3) is 0.389. The van der Waals surface area contributed by atoms with Gasteiger partial charge in [-0.1, -0.05) is 37.1 Å². The summed E-state index contributed by atoms with van der Waals surface area (Å²) in [6.07, 6.45) is 6.46. The van der Waals surface area contributed by atoms with Crippen LogP contribution < -0.4 is 16.2 Å². The highest BCUT2D eigenvalue weighted by atomic mass is 19.4. The Morgan fingerprint density at radius 1 is 1.10 bits per heavy atom. The number of benzene rings is 2. The van der Waals surface area contributed by atoms with Crippen molar-refractivity contribution >= 4 is 17.9 Å². The summed E-state index contributed by atoms with van der Waals surface area (Å²) in [6, 6.07) is 10.0. The summed E-state index contributed by atoms with van der Waals surface area (Å²) in [6.45, 7) is 6.88. The van der Waals surface area contributed by atoms with Gasteiger partial charge in [-0.2, -0.15) is 18.3 Å². The van der Waals surface area contributed by atoms with E-state index in [9.17, 15) is 22.8 Å². The van der Waals surface area contributed by atoms with E-state index in [2.05, 4.69) is 20.7 Å². The van der Waals surface area contributed by atoms with Crippen molar-refractivity contribution in [1.29, 1.82) is 0 Å². The maximum atomic E-state index is 15.2. The number of aromatic nitrogens is 4. The number of hydrogen-bond acceptors (Lipinski definition) is 6. The van der Waals surface area contributed by atoms with Crippen LogP contribution in [0.25, 0.3) is 11.8 Å². The third kappa shape index (κ3) is 9.36. The molecular formula is C36H40F4N6O3. The summed E-state index contributed by atoms with van der Waals surface area (Å²) >= 11 is 0. The molecule has 2 aromatic carbocycles. The van der Waals surface area contributed by atoms with Crippen LogP contribution in [-0.4, -0.2) is 31.0 Å². The number of carbonyl (C=O) groups excluding carboxylic acids is 1. The third-order valence-electron chi connectivity index (χ3n) is 8.08. The van der Waals surface area contributed by atoms with Crippen molar-refractivity contribution in [2.24, 2.45) is 5.92 Å². The number of rotatable bonds is 12. The van der Waals surface area contributed by atoms with Crippen LogP contribution in [0.4, 0.5) is 28.0 Å². The molecule has 0 bridgehead atoms. The first-order chi connectivity index (χ1) is 23.2. The van der Waals surface area contributed by atoms with Gasteiger partial charge in [0.05, 0.1) is 35.9 Å². The molecule has 1 saturated carbocycles. The van der Waals surface area contributed by atoms with Crippen LogP contribution in [-0.2, 0) is 24.0 Å². The summed E-state index contributed by atoms with van der Waals surface area (Å²) in [4.78, 5) is 29.0. The number of anilines is 1. The van der Waals surface area contributed by atoms with Gasteiger partial charge in [-0.05, 0) is 93.5 Å². The number of alkyl halides is 3. The molecule has 0 spiro atoms. The van der Waals surface area contributed by atoms with Gasteiger partial charge in [-0.25, -0.2) is 13.9 Å². The molecule has 13 heteroatoms. The van der Waals surface area contributed by atoms with Crippen LogP contribution in [0.3, 0.4) is 0 Å². The first-order valence-corrected chi connectivity index (χ1v) is 16.2. The lowest BCUT2D eigenvalue weighted by Crippen LogP contribution is -2.32. The smallest absolute Gasteiger partial charge is 0.435 e. The molecule has 2 aromatic heterocycles. The van der Waals surface area contributed by atoms with E-state index in [-0.39, 0.29) is 36.1 Å². The minimum absolute atomic E-state index is 0.0455. The molecule has 2 N–H and O–H groups in total. The Bertz CT molecular complexity index is 1870. The van der Waals surface area contributed by atoms with E-state index < -0.39 is 29.4 Å². The molecule has 0 radical (unpaired) electrons. The van der Waals surface area contributed by atoms with Crippen LogP contribution in [0.5, 0.6) is 0 Å². The van der Waals surface area contributed by atoms with Crippen molar-refractivity contribution < 1.29 is 27.1 Å². The number of amides is 1. The van der Waals surface area contributed by atoms with Crippen LogP contribution >= 0.6 is 0 Å². The van der Waals surface area contributed by atoms with Crippen molar-refractivity contribution in [1.82, 2.24) is 24.6 Å². The van der Waals surface area contributed by atoms with Crippen molar-refractivity contribution in [3.8, 4) is 5.69 Å². The van der Waals surface area contributed by atoms with E-state index >= 15 is 4.39 Å². The molecule has 0 aliphatic heterocycles. The van der Waals surface area contributed by atoms with Crippen molar-refractivity contribution in [2.45, 2.75) is 84.3 Å². The lowest BCUT2D eigenvalue weighted by molar-refractivity contribution is -0.141. The van der Waals surface area contributed by atoms with Crippen LogP contribution in [0.2, 0.25) is 0 Å². The molecule has 9 nitrogen and oxygen atoms in total. The molecule has 4 aromatic rings. The predicted octanol–water partition coefficient (Wildman–Crippen LogP) is 8.04. The van der Waals surface area contributed by atoms with Gasteiger partial charge < -0.3 is 19.9 Å². The Balaban J connectivity index is 1.44. The number of alkyl carbamates (subject to hydrolysis) is 1. The molecule has 0 saturated heterocycles. The predicted molar refractivity (Wildman–Crippen MR) is 179 cm³/mol. The average Bonchev–Trinajstić information content (AvgIpc) is 3.76. The van der Waals surface area contributed by atoms with E-state index in [1.54, 1.807) is 67.9 Å². The zero-order valence-corrected chi connectivity index (χ0v) is 27.9. The second-order valence-electron chi connectivity index (χ2n) is 13.1. The maximum absolute atomic E-state index is 15.2. The topological polar surface area (TPSA) is 103 Å². The van der Waals surface area contributed by atoms with E-state index in [1.165, 1.54) is 18.5 Å². The van der Waals surface area contributed by atoms with Gasteiger partial charge in [-0.3, -0.25) is 9.78 Å². The van der Waals surface area contributed by atoms with Crippen LogP contribution in [0.15, 0.2) is 71.9 Å². The fourth-order valence-electron chi connectivity index (χ4n) is 5.56. The van der Waals surface area contributed by atoms with Crippen molar-refractivity contribution in [2.75, 3.05) is 5.32 Å². The van der Waals surface area contributed by atoms with Gasteiger partial charge >= 0.3 is 12.3 Å². The Hall–Kier alpha value is -4.94. The Labute approximate surface area is 282 Å². The standard InChI is InChI=1S/C36H40F4N6O3/c1-5-6-24-10-12-27(17-26(24)20-43-34(48)49-35(2,3)4)46-28(19-32(44-46)36(38,39)40)21-42-30-18-25(11-13-29(30)37)31(14-9-23-7-8-23)45-16-15-41-22-33(45)47/h5-6,10-13,15-19,22-23,31,42H,7-9,14,20-21H2,1-4H3,(H,43,48)/b6-5-. The lowest BCUT2D eigenvalue weighted by Gasteiger charge is -2.21. The number of allylic oxidation sites excluding steroid dienone is 1. The Kier molecular flexibility index (Phi) is 10.6. The highest BCUT2D eigenvalue weighted by molar-refractivity contribution is 5.68. The zero-order chi connectivity index (χ0) is 35.3. The minimum atomic E-state index is -4.73. The van der Waals surface area contributed by atoms with Gasteiger partial charge in [0, 0.05) is 18.9 Å². The van der Waals surface area contributed by atoms with E-state index in [0.717, 1.165) is 35.6 Å². The molecule has 1 unspecified atom stereocenters. The normalized spacial score (nSPS) is 14.2. The molecule has 1 aliphatic rings. The zero-order valence-electron chi connectivity index (χ0n) is 27.9. The van der Waals surface area contributed by atoms with E-state index in [4.69, 9.17) is 4.74 Å². The molecule has 2 heterocycles. The molecule has 1 atom stereocenters. The first kappa shape index (κ1) is 35.4. The van der Waals surface area contributed by atoms with E-state index in [1.807, 2.05) is 13.0 Å². The van der Waals surface area contributed by atoms with Gasteiger partial charge in [0.15, 0.2) is 5.69 Å². The number of hydrogen-bond donors (Lipinski definition) is 2. The third-order valence-corrected chi connectivity index (χ3v) is 8.08. The quantitative estimate of drug-likeness (QED) is 0.147. The summed E-state index contributed by atoms with van der Waals surface area (Å²) in [5.74, 6) is 0.00181. The second kappa shape index (κ2) is 14.7. The molecule has 1 amide bonds. The van der Waals surface area contributed by atoms with Gasteiger partial charge in [0.25, 0.3) is 5.56 Å². The number of nitrogens with zero attached hydrogens (tertiary/aromatic N) is 4. The molecule has 5 rings (SSSR count). The molecule has 1 aliphatic carbocycles. The highest BCUT2D eigenvalue weighted by Crippen LogP contribution is 2.37. The van der Waals surface area contributed by atoms with Crippen LogP contribution in [0, 0.1) is 11.7 Å². The molecule has 260 valence electrons. The summed E-state index contributed by atoms with van der Waals surface area (Å²) in [5.41, 5.74) is 0.447. The van der Waals surface area contributed by atoms with Gasteiger partial charge in [-0.15, -0.1) is 0 Å². The lowest BCUT2D eigenvalue weighted by atomic mass is 9.99. The maximum Gasteiger partial charge on any atom is 0.435 e. The van der Waals surface area contributed by atoms with Gasteiger partial charge in [0.2, 0.25) is 0 Å². The summed E-state index contributed by atoms with van der Waals surface area (Å²) in [5, 5.41) is 9.53. The SMILES string of the molecule is C/C=C\c1ccc(-n2nc(C(F)(F)F)cc2CNc2cc(C(CCC3CC3)n3ccncc3=O)ccc2F)cc1CNC(=O)OC(C)(C)C. The highest BCUT2D eigenvalue weighted by Gasteiger charge is 2.35. The largest absolute Gasteiger partial charge is 0.444 e. The van der Waals surface area contributed by atoms with Gasteiger partial charge in [0.1, 0.15) is 11.4 Å². The first-order valence-electron chi connectivity index (χ1n) is 16.2. The van der Waals surface area contributed by atoms with Crippen molar-refractivity contribution in [3.05, 3.63) is 111 Å². The average molecular weight is 681 g/mol.